The molecule has 0 aliphatic carbocycles. The van der Waals surface area contributed by atoms with E-state index in [2.05, 4.69) is 4.98 Å². The largest absolute Gasteiger partial charge is 0.507 e. The standard InChI is InChI=1S/C23H17N3O5/c27-21(17-10-12-24-13-11-17)19-20(16-6-8-18(9-7-16)26(30)31)25(23(29)22(19)28)14-15-4-2-1-3-5-15/h1-13,20,27H,14H2/b21-19+. The van der Waals surface area contributed by atoms with Crippen LogP contribution in [-0.4, -0.2) is 31.6 Å². The van der Waals surface area contributed by atoms with Gasteiger partial charge in [0.25, 0.3) is 17.4 Å². The third-order valence-corrected chi connectivity index (χ3v) is 5.11. The number of carbonyl (C=O) groups excluding carboxylic acids is 2. The van der Waals surface area contributed by atoms with Crippen LogP contribution in [0.4, 0.5) is 5.69 Å². The highest BCUT2D eigenvalue weighted by Gasteiger charge is 2.46. The number of rotatable bonds is 5. The molecular formula is C23H17N3O5. The number of aliphatic hydroxyl groups is 1. The van der Waals surface area contributed by atoms with E-state index in [0.29, 0.717) is 11.1 Å². The summed E-state index contributed by atoms with van der Waals surface area (Å²) in [5.41, 5.74) is 1.45. The van der Waals surface area contributed by atoms with Gasteiger partial charge in [-0.2, -0.15) is 0 Å². The van der Waals surface area contributed by atoms with E-state index in [-0.39, 0.29) is 23.6 Å². The maximum Gasteiger partial charge on any atom is 0.295 e. The number of nitro groups is 1. The highest BCUT2D eigenvalue weighted by atomic mass is 16.6. The predicted molar refractivity (Wildman–Crippen MR) is 112 cm³/mol. The molecule has 1 unspecified atom stereocenters. The summed E-state index contributed by atoms with van der Waals surface area (Å²) >= 11 is 0. The van der Waals surface area contributed by atoms with Gasteiger partial charge in [-0.1, -0.05) is 30.3 Å². The van der Waals surface area contributed by atoms with Crippen LogP contribution in [0.3, 0.4) is 0 Å². The molecule has 0 radical (unpaired) electrons. The van der Waals surface area contributed by atoms with Gasteiger partial charge >= 0.3 is 0 Å². The molecule has 1 aliphatic heterocycles. The van der Waals surface area contributed by atoms with Crippen molar-refractivity contribution in [2.75, 3.05) is 0 Å². The Labute approximate surface area is 177 Å². The van der Waals surface area contributed by atoms with Crippen LogP contribution < -0.4 is 0 Å². The van der Waals surface area contributed by atoms with Crippen molar-refractivity contribution in [3.8, 4) is 0 Å². The SMILES string of the molecule is O=C1C(=O)N(Cc2ccccc2)C(c2ccc([N+](=O)[O-])cc2)/C1=C(\O)c1ccncc1. The number of hydrogen-bond donors (Lipinski definition) is 1. The summed E-state index contributed by atoms with van der Waals surface area (Å²) in [7, 11) is 0. The topological polar surface area (TPSA) is 114 Å². The van der Waals surface area contributed by atoms with Crippen LogP contribution >= 0.6 is 0 Å². The maximum absolute atomic E-state index is 12.9. The first kappa shape index (κ1) is 20.0. The third-order valence-electron chi connectivity index (χ3n) is 5.11. The first-order chi connectivity index (χ1) is 15.0. The number of Topliss-reactive ketones (excluding diaryl/α,β-unsaturated/α-hetero) is 1. The van der Waals surface area contributed by atoms with Crippen molar-refractivity contribution in [2.24, 2.45) is 0 Å². The van der Waals surface area contributed by atoms with Gasteiger partial charge in [-0.15, -0.1) is 0 Å². The molecule has 31 heavy (non-hydrogen) atoms. The van der Waals surface area contributed by atoms with E-state index in [1.165, 1.54) is 53.7 Å². The number of carbonyl (C=O) groups is 2. The number of aromatic nitrogens is 1. The lowest BCUT2D eigenvalue weighted by molar-refractivity contribution is -0.384. The van der Waals surface area contributed by atoms with Crippen molar-refractivity contribution in [3.05, 3.63) is 112 Å². The van der Waals surface area contributed by atoms with Crippen molar-refractivity contribution >= 4 is 23.1 Å². The minimum atomic E-state index is -0.894. The number of nitro benzene ring substituents is 1. The van der Waals surface area contributed by atoms with E-state index in [4.69, 9.17) is 0 Å². The average Bonchev–Trinajstić information content (AvgIpc) is 3.05. The zero-order valence-corrected chi connectivity index (χ0v) is 16.2. The minimum Gasteiger partial charge on any atom is -0.507 e. The number of pyridine rings is 1. The Bertz CT molecular complexity index is 1170. The molecule has 1 aromatic heterocycles. The van der Waals surface area contributed by atoms with Crippen LogP contribution in [0.2, 0.25) is 0 Å². The number of aliphatic hydroxyl groups excluding tert-OH is 1. The predicted octanol–water partition coefficient (Wildman–Crippen LogP) is 3.61. The van der Waals surface area contributed by atoms with Crippen LogP contribution in [-0.2, 0) is 16.1 Å². The lowest BCUT2D eigenvalue weighted by Crippen LogP contribution is -2.29. The molecule has 154 valence electrons. The number of ketones is 1. The molecule has 0 spiro atoms. The molecule has 1 N–H and O–H groups in total. The van der Waals surface area contributed by atoms with Crippen LogP contribution in [0.15, 0.2) is 84.7 Å². The molecule has 8 nitrogen and oxygen atoms in total. The van der Waals surface area contributed by atoms with Crippen molar-refractivity contribution < 1.29 is 19.6 Å². The van der Waals surface area contributed by atoms with Crippen molar-refractivity contribution in [1.29, 1.82) is 0 Å². The second-order valence-electron chi connectivity index (χ2n) is 7.00. The zero-order valence-electron chi connectivity index (χ0n) is 16.2. The summed E-state index contributed by atoms with van der Waals surface area (Å²) in [6.07, 6.45) is 2.94. The van der Waals surface area contributed by atoms with E-state index in [9.17, 15) is 24.8 Å². The lowest BCUT2D eigenvalue weighted by atomic mass is 9.95. The van der Waals surface area contributed by atoms with Gasteiger partial charge < -0.3 is 10.0 Å². The van der Waals surface area contributed by atoms with Gasteiger partial charge in [-0.25, -0.2) is 0 Å². The zero-order chi connectivity index (χ0) is 22.0. The first-order valence-corrected chi connectivity index (χ1v) is 9.44. The Morgan fingerprint density at radius 2 is 1.65 bits per heavy atom. The molecule has 3 aromatic rings. The highest BCUT2D eigenvalue weighted by Crippen LogP contribution is 2.40. The molecule has 1 amide bonds. The molecule has 0 bridgehead atoms. The summed E-state index contributed by atoms with van der Waals surface area (Å²) in [5, 5.41) is 21.9. The Hall–Kier alpha value is -4.33. The molecule has 2 heterocycles. The molecule has 8 heteroatoms. The number of hydrogen-bond acceptors (Lipinski definition) is 6. The second-order valence-corrected chi connectivity index (χ2v) is 7.00. The smallest absolute Gasteiger partial charge is 0.295 e. The molecule has 2 aromatic carbocycles. The Morgan fingerprint density at radius 1 is 1.00 bits per heavy atom. The van der Waals surface area contributed by atoms with Crippen LogP contribution in [0.1, 0.15) is 22.7 Å². The number of nitrogens with zero attached hydrogens (tertiary/aromatic N) is 3. The number of benzene rings is 2. The second kappa shape index (κ2) is 8.19. The van der Waals surface area contributed by atoms with Crippen LogP contribution in [0.25, 0.3) is 5.76 Å². The Morgan fingerprint density at radius 3 is 2.26 bits per heavy atom. The van der Waals surface area contributed by atoms with E-state index >= 15 is 0 Å². The molecular weight excluding hydrogens is 398 g/mol. The molecule has 1 saturated heterocycles. The molecule has 0 saturated carbocycles. The average molecular weight is 415 g/mol. The summed E-state index contributed by atoms with van der Waals surface area (Å²) in [5.74, 6) is -1.88. The molecule has 1 aliphatic rings. The fraction of sp³-hybridized carbons (Fsp3) is 0.0870. The van der Waals surface area contributed by atoms with Gasteiger partial charge in [0.1, 0.15) is 5.76 Å². The summed E-state index contributed by atoms with van der Waals surface area (Å²) in [4.78, 5) is 41.6. The van der Waals surface area contributed by atoms with Crippen LogP contribution in [0.5, 0.6) is 0 Å². The molecule has 1 atom stereocenters. The monoisotopic (exact) mass is 415 g/mol. The number of amides is 1. The fourth-order valence-corrected chi connectivity index (χ4v) is 3.61. The molecule has 4 rings (SSSR count). The lowest BCUT2D eigenvalue weighted by Gasteiger charge is -2.25. The normalized spacial score (nSPS) is 17.7. The minimum absolute atomic E-state index is 0.0685. The third kappa shape index (κ3) is 3.78. The summed E-state index contributed by atoms with van der Waals surface area (Å²) in [6.45, 7) is 0.139. The molecule has 1 fully saturated rings. The van der Waals surface area contributed by atoms with Gasteiger partial charge in [0.2, 0.25) is 0 Å². The van der Waals surface area contributed by atoms with E-state index in [1.807, 2.05) is 30.3 Å². The van der Waals surface area contributed by atoms with Crippen molar-refractivity contribution in [1.82, 2.24) is 9.88 Å². The Kier molecular flexibility index (Phi) is 5.28. The van der Waals surface area contributed by atoms with E-state index in [0.717, 1.165) is 5.56 Å². The first-order valence-electron chi connectivity index (χ1n) is 9.44. The summed E-state index contributed by atoms with van der Waals surface area (Å²) in [6, 6.07) is 16.9. The van der Waals surface area contributed by atoms with Gasteiger partial charge in [0.15, 0.2) is 0 Å². The Balaban J connectivity index is 1.85. The summed E-state index contributed by atoms with van der Waals surface area (Å²) < 4.78 is 0. The van der Waals surface area contributed by atoms with Gasteiger partial charge in [-0.3, -0.25) is 24.7 Å². The van der Waals surface area contributed by atoms with Crippen LogP contribution in [0, 0.1) is 10.1 Å². The van der Waals surface area contributed by atoms with Gasteiger partial charge in [-0.05, 0) is 35.4 Å². The maximum atomic E-state index is 12.9. The van der Waals surface area contributed by atoms with E-state index in [1.54, 1.807) is 0 Å². The fourth-order valence-electron chi connectivity index (χ4n) is 3.61. The quantitative estimate of drug-likeness (QED) is 0.224. The number of likely N-dealkylation sites (tertiary alicyclic amines) is 1. The van der Waals surface area contributed by atoms with Crippen molar-refractivity contribution in [2.45, 2.75) is 12.6 Å². The van der Waals surface area contributed by atoms with Gasteiger partial charge in [0, 0.05) is 36.6 Å². The van der Waals surface area contributed by atoms with E-state index < -0.39 is 22.7 Å². The highest BCUT2D eigenvalue weighted by molar-refractivity contribution is 6.46. The van der Waals surface area contributed by atoms with Crippen molar-refractivity contribution in [3.63, 3.8) is 0 Å². The number of non-ortho nitro benzene ring substituents is 1. The van der Waals surface area contributed by atoms with Gasteiger partial charge in [0.05, 0.1) is 16.5 Å².